The monoisotopic (exact) mass is 649 g/mol. The number of fused-ring (bicyclic) bond motifs is 4. The SMILES string of the molecule is C=Cc1ccc(N2C(=O)[C@H]3[C@H](CC=C4[C@H]3C[C@H]3C(=O)N(Nc5ccc(C)cc5)C(=O)[C@@]3(c3ccccc3)[C@H]4c3ccccc3O)C2=O)cc1. The average Bonchev–Trinajstić information content (AvgIpc) is 3.50. The molecule has 3 fully saturated rings. The average molecular weight is 650 g/mol. The molecular formula is C41H35N3O5. The van der Waals surface area contributed by atoms with Gasteiger partial charge in [0.15, 0.2) is 0 Å². The number of hydrazine groups is 1. The summed E-state index contributed by atoms with van der Waals surface area (Å²) in [5.74, 6) is -4.96. The normalized spacial score (nSPS) is 27.4. The molecule has 0 unspecified atom stereocenters. The zero-order chi connectivity index (χ0) is 34.0. The lowest BCUT2D eigenvalue weighted by Gasteiger charge is -2.50. The second kappa shape index (κ2) is 11.4. The van der Waals surface area contributed by atoms with Crippen molar-refractivity contribution in [3.8, 4) is 5.75 Å². The van der Waals surface area contributed by atoms with Crippen LogP contribution >= 0.6 is 0 Å². The van der Waals surface area contributed by atoms with E-state index in [-0.39, 0.29) is 24.0 Å². The van der Waals surface area contributed by atoms with Crippen LogP contribution in [0.5, 0.6) is 5.75 Å². The van der Waals surface area contributed by atoms with Crippen LogP contribution in [0.15, 0.2) is 121 Å². The Labute approximate surface area is 284 Å². The van der Waals surface area contributed by atoms with Crippen LogP contribution in [-0.2, 0) is 24.6 Å². The largest absolute Gasteiger partial charge is 0.508 e. The summed E-state index contributed by atoms with van der Waals surface area (Å²) in [6.07, 6.45) is 4.18. The van der Waals surface area contributed by atoms with Gasteiger partial charge in [0.1, 0.15) is 5.75 Å². The summed E-state index contributed by atoms with van der Waals surface area (Å²) in [7, 11) is 0. The van der Waals surface area contributed by atoms with Crippen LogP contribution in [0.3, 0.4) is 0 Å². The molecule has 8 nitrogen and oxygen atoms in total. The van der Waals surface area contributed by atoms with E-state index in [0.29, 0.717) is 28.9 Å². The van der Waals surface area contributed by atoms with Gasteiger partial charge in [0, 0.05) is 11.5 Å². The third-order valence-electron chi connectivity index (χ3n) is 11.0. The number of imide groups is 2. The number of rotatable bonds is 6. The van der Waals surface area contributed by atoms with Crippen molar-refractivity contribution in [1.29, 1.82) is 0 Å². The number of allylic oxidation sites excluding steroid dienone is 2. The molecule has 4 aromatic rings. The van der Waals surface area contributed by atoms with Gasteiger partial charge in [0.2, 0.25) is 11.8 Å². The fraction of sp³-hybridized carbons (Fsp3) is 0.220. The van der Waals surface area contributed by atoms with Gasteiger partial charge in [-0.2, -0.15) is 5.01 Å². The Morgan fingerprint density at radius 1 is 0.816 bits per heavy atom. The molecule has 4 aliphatic rings. The number of nitrogens with one attached hydrogen (secondary N) is 1. The molecule has 2 saturated heterocycles. The number of phenols is 1. The highest BCUT2D eigenvalue weighted by Gasteiger charge is 2.70. The smallest absolute Gasteiger partial charge is 0.260 e. The van der Waals surface area contributed by atoms with Gasteiger partial charge < -0.3 is 5.11 Å². The van der Waals surface area contributed by atoms with Gasteiger partial charge in [-0.05, 0) is 67.1 Å². The summed E-state index contributed by atoms with van der Waals surface area (Å²) in [5.41, 5.74) is 6.59. The Hall–Kier alpha value is -5.76. The molecule has 2 aliphatic carbocycles. The topological polar surface area (TPSA) is 107 Å². The van der Waals surface area contributed by atoms with Crippen molar-refractivity contribution in [2.24, 2.45) is 23.7 Å². The van der Waals surface area contributed by atoms with Crippen LogP contribution in [0.1, 0.15) is 41.0 Å². The zero-order valence-electron chi connectivity index (χ0n) is 27.0. The fourth-order valence-corrected chi connectivity index (χ4v) is 8.84. The quantitative estimate of drug-likeness (QED) is 0.182. The maximum atomic E-state index is 15.1. The first-order valence-corrected chi connectivity index (χ1v) is 16.6. The van der Waals surface area contributed by atoms with Crippen LogP contribution in [0, 0.1) is 30.6 Å². The van der Waals surface area contributed by atoms with Gasteiger partial charge in [0.25, 0.3) is 11.8 Å². The number of phenolic OH excluding ortho intramolecular Hbond substituents is 1. The number of para-hydroxylation sites is 1. The number of carbonyl (C=O) groups is 4. The molecule has 1 saturated carbocycles. The van der Waals surface area contributed by atoms with Crippen molar-refractivity contribution in [1.82, 2.24) is 5.01 Å². The number of hydrogen-bond donors (Lipinski definition) is 2. The lowest BCUT2D eigenvalue weighted by molar-refractivity contribution is -0.138. The number of amides is 4. The Morgan fingerprint density at radius 2 is 1.51 bits per heavy atom. The lowest BCUT2D eigenvalue weighted by atomic mass is 9.49. The minimum Gasteiger partial charge on any atom is -0.508 e. The van der Waals surface area contributed by atoms with Gasteiger partial charge in [-0.25, -0.2) is 0 Å². The predicted octanol–water partition coefficient (Wildman–Crippen LogP) is 6.53. The highest BCUT2D eigenvalue weighted by atomic mass is 16.3. The molecule has 0 radical (unpaired) electrons. The number of benzene rings is 4. The van der Waals surface area contributed by atoms with E-state index >= 15 is 4.79 Å². The van der Waals surface area contributed by atoms with Gasteiger partial charge in [-0.15, -0.1) is 0 Å². The molecule has 2 heterocycles. The molecule has 244 valence electrons. The van der Waals surface area contributed by atoms with Crippen LogP contribution < -0.4 is 10.3 Å². The maximum absolute atomic E-state index is 15.1. The molecule has 4 amide bonds. The first kappa shape index (κ1) is 30.6. The van der Waals surface area contributed by atoms with Gasteiger partial charge in [0.05, 0.1) is 34.5 Å². The van der Waals surface area contributed by atoms with Gasteiger partial charge in [-0.3, -0.25) is 29.5 Å². The van der Waals surface area contributed by atoms with Crippen molar-refractivity contribution in [3.05, 3.63) is 144 Å². The van der Waals surface area contributed by atoms with E-state index < -0.39 is 46.8 Å². The van der Waals surface area contributed by atoms with E-state index in [1.54, 1.807) is 42.5 Å². The van der Waals surface area contributed by atoms with Crippen LogP contribution in [0.25, 0.3) is 6.08 Å². The van der Waals surface area contributed by atoms with Crippen molar-refractivity contribution >= 4 is 41.1 Å². The second-order valence-electron chi connectivity index (χ2n) is 13.5. The number of carbonyl (C=O) groups excluding carboxylic acids is 4. The molecule has 4 aromatic carbocycles. The van der Waals surface area contributed by atoms with Crippen molar-refractivity contribution in [3.63, 3.8) is 0 Å². The number of nitrogens with zero attached hydrogens (tertiary/aromatic N) is 2. The van der Waals surface area contributed by atoms with E-state index in [1.165, 1.54) is 4.90 Å². The van der Waals surface area contributed by atoms with Crippen molar-refractivity contribution < 1.29 is 24.3 Å². The first-order valence-electron chi connectivity index (χ1n) is 16.6. The highest BCUT2D eigenvalue weighted by Crippen LogP contribution is 2.64. The molecule has 2 aliphatic heterocycles. The minimum absolute atomic E-state index is 0.00631. The highest BCUT2D eigenvalue weighted by molar-refractivity contribution is 6.22. The third-order valence-corrected chi connectivity index (χ3v) is 11.0. The summed E-state index contributed by atoms with van der Waals surface area (Å²) < 4.78 is 0. The third kappa shape index (κ3) is 4.43. The standard InChI is InChI=1S/C41H35N3O5/c1-3-25-15-19-28(20-16-25)43-37(46)31-22-21-29-32(35(31)39(43)48)23-33-38(47)44(42-27-17-13-24(2)14-18-27)40(49)41(33,26-9-5-4-6-10-26)36(29)30-11-7-8-12-34(30)45/h3-21,31-33,35-36,42,45H,1,22-23H2,2H3/t31-,32+,33-,35-,36+,41+/m0/s1. The molecule has 8 rings (SSSR count). The van der Waals surface area contributed by atoms with Gasteiger partial charge >= 0.3 is 0 Å². The minimum atomic E-state index is -1.43. The Morgan fingerprint density at radius 3 is 2.20 bits per heavy atom. The van der Waals surface area contributed by atoms with Crippen molar-refractivity contribution in [2.75, 3.05) is 10.3 Å². The molecule has 6 atom stereocenters. The van der Waals surface area contributed by atoms with E-state index in [2.05, 4.69) is 12.0 Å². The number of aromatic hydroxyl groups is 1. The first-order chi connectivity index (χ1) is 23.7. The molecule has 2 N–H and O–H groups in total. The van der Waals surface area contributed by atoms with Crippen molar-refractivity contribution in [2.45, 2.75) is 31.1 Å². The summed E-state index contributed by atoms with van der Waals surface area (Å²) in [4.78, 5) is 59.5. The van der Waals surface area contributed by atoms with Crippen LogP contribution in [0.2, 0.25) is 0 Å². The van der Waals surface area contributed by atoms with E-state index in [1.807, 2.05) is 79.7 Å². The molecule has 0 bridgehead atoms. The number of anilines is 2. The summed E-state index contributed by atoms with van der Waals surface area (Å²) in [5, 5.41) is 12.6. The van der Waals surface area contributed by atoms with Gasteiger partial charge in [-0.1, -0.05) is 103 Å². The maximum Gasteiger partial charge on any atom is 0.260 e. The molecule has 49 heavy (non-hydrogen) atoms. The van der Waals surface area contributed by atoms with E-state index in [9.17, 15) is 19.5 Å². The van der Waals surface area contributed by atoms with E-state index in [0.717, 1.165) is 21.7 Å². The lowest BCUT2D eigenvalue weighted by Crippen LogP contribution is -2.53. The molecule has 0 aromatic heterocycles. The molecular weight excluding hydrogens is 614 g/mol. The summed E-state index contributed by atoms with van der Waals surface area (Å²) in [6, 6.07) is 30.8. The second-order valence-corrected chi connectivity index (χ2v) is 13.5. The van der Waals surface area contributed by atoms with Crippen LogP contribution in [0.4, 0.5) is 11.4 Å². The Kier molecular flexibility index (Phi) is 7.14. The molecule has 0 spiro atoms. The Balaban J connectivity index is 1.30. The van der Waals surface area contributed by atoms with Crippen LogP contribution in [-0.4, -0.2) is 33.7 Å². The van der Waals surface area contributed by atoms with E-state index in [4.69, 9.17) is 0 Å². The summed E-state index contributed by atoms with van der Waals surface area (Å²) >= 11 is 0. The number of hydrogen-bond acceptors (Lipinski definition) is 6. The fourth-order valence-electron chi connectivity index (χ4n) is 8.84. The number of aryl methyl sites for hydroxylation is 1. The predicted molar refractivity (Wildman–Crippen MR) is 186 cm³/mol. The summed E-state index contributed by atoms with van der Waals surface area (Å²) in [6.45, 7) is 5.76. The molecule has 8 heteroatoms. The zero-order valence-corrected chi connectivity index (χ0v) is 27.0. The Bertz CT molecular complexity index is 2050.